The lowest BCUT2D eigenvalue weighted by atomic mass is 10.0. The first-order valence-electron chi connectivity index (χ1n) is 9.44. The molecule has 2 aromatic carbocycles. The number of ether oxygens (including phenoxy) is 3. The lowest BCUT2D eigenvalue weighted by Gasteiger charge is -2.16. The van der Waals surface area contributed by atoms with Crippen molar-refractivity contribution in [3.05, 3.63) is 71.3 Å². The second kappa shape index (κ2) is 7.81. The molecule has 0 spiro atoms. The van der Waals surface area contributed by atoms with Gasteiger partial charge < -0.3 is 24.1 Å². The number of benzene rings is 2. The van der Waals surface area contributed by atoms with Gasteiger partial charge in [-0.15, -0.1) is 0 Å². The Hall–Kier alpha value is -3.20. The van der Waals surface area contributed by atoms with Crippen molar-refractivity contribution in [3.8, 4) is 11.5 Å². The van der Waals surface area contributed by atoms with Gasteiger partial charge in [-0.3, -0.25) is 4.79 Å². The van der Waals surface area contributed by atoms with Gasteiger partial charge in [-0.25, -0.2) is 0 Å². The van der Waals surface area contributed by atoms with Gasteiger partial charge in [0.1, 0.15) is 5.70 Å². The van der Waals surface area contributed by atoms with Crippen LogP contribution in [0.1, 0.15) is 21.3 Å². The second-order valence-corrected chi connectivity index (χ2v) is 6.78. The van der Waals surface area contributed by atoms with Crippen molar-refractivity contribution in [2.45, 2.75) is 11.8 Å². The zero-order valence-corrected chi connectivity index (χ0v) is 15.8. The van der Waals surface area contributed by atoms with E-state index in [1.165, 1.54) is 56.7 Å². The summed E-state index contributed by atoms with van der Waals surface area (Å²) in [5.74, 6) is -2.82. The summed E-state index contributed by atoms with van der Waals surface area (Å²) in [6.45, 7) is 0. The Morgan fingerprint density at radius 1 is 1.14 bits per heavy atom. The molecule has 148 valence electrons. The molecule has 0 aliphatic carbocycles. The molecular formula is C19H19NO7S. The average Bonchev–Trinajstić information content (AvgIpc) is 2.97. The Labute approximate surface area is 166 Å². The maximum Gasteiger partial charge on any atom is 0.313 e. The molecule has 0 amide bonds. The molecule has 28 heavy (non-hydrogen) atoms. The van der Waals surface area contributed by atoms with Crippen LogP contribution in [-0.4, -0.2) is 28.4 Å². The van der Waals surface area contributed by atoms with Crippen molar-refractivity contribution in [2.24, 2.45) is 5.73 Å². The molecule has 0 aromatic heterocycles. The Bertz CT molecular complexity index is 1150. The second-order valence-electron chi connectivity index (χ2n) is 5.50. The monoisotopic (exact) mass is 408 g/mol. The van der Waals surface area contributed by atoms with E-state index < -0.39 is 39.3 Å². The Morgan fingerprint density at radius 2 is 1.86 bits per heavy atom. The summed E-state index contributed by atoms with van der Waals surface area (Å²) in [6, 6.07) is 11.3. The lowest BCUT2D eigenvalue weighted by Crippen LogP contribution is -2.16. The molecule has 0 unspecified atom stereocenters. The number of carbonyl (C=O) groups is 1. The van der Waals surface area contributed by atoms with E-state index in [0.717, 1.165) is 0 Å². The minimum Gasteiger partial charge on any atom is -0.493 e. The maximum atomic E-state index is 13.0. The van der Waals surface area contributed by atoms with Crippen LogP contribution < -0.4 is 15.2 Å². The quantitative estimate of drug-likeness (QED) is 0.692. The summed E-state index contributed by atoms with van der Waals surface area (Å²) in [5.41, 5.74) is 2.33. The van der Waals surface area contributed by atoms with Crippen LogP contribution in [0.5, 0.6) is 11.5 Å². The number of carbonyl (C=O) groups excluding carboxylic acids is 1. The summed E-state index contributed by atoms with van der Waals surface area (Å²) in [7, 11) is -2.42. The summed E-state index contributed by atoms with van der Waals surface area (Å²) in [4.78, 5) is 13.0. The predicted molar refractivity (Wildman–Crippen MR) is 99.7 cm³/mol. The normalized spacial score (nSPS) is 21.4. The maximum absolute atomic E-state index is 13.0. The Morgan fingerprint density at radius 3 is 2.50 bits per heavy atom. The van der Waals surface area contributed by atoms with E-state index >= 15 is 0 Å². The van der Waals surface area contributed by atoms with E-state index in [1.54, 1.807) is 6.07 Å². The van der Waals surface area contributed by atoms with Gasteiger partial charge >= 0.3 is 10.1 Å². The van der Waals surface area contributed by atoms with Crippen LogP contribution >= 0.6 is 0 Å². The number of nitrogens with two attached hydrogens (primary N) is 1. The topological polar surface area (TPSA) is 114 Å². The highest BCUT2D eigenvalue weighted by atomic mass is 32.2. The van der Waals surface area contributed by atoms with Crippen molar-refractivity contribution < 1.29 is 35.7 Å². The summed E-state index contributed by atoms with van der Waals surface area (Å²) in [5, 5.41) is 0. The zero-order chi connectivity index (χ0) is 23.0. The van der Waals surface area contributed by atoms with Crippen molar-refractivity contribution in [1.29, 1.82) is 0 Å². The Kier molecular flexibility index (Phi) is 4.41. The van der Waals surface area contributed by atoms with Crippen molar-refractivity contribution >= 4 is 15.9 Å². The van der Waals surface area contributed by atoms with Crippen LogP contribution in [0, 0.1) is 0 Å². The fraction of sp³-hybridized carbons (Fsp3) is 0.211. The van der Waals surface area contributed by atoms with Gasteiger partial charge in [-0.05, 0) is 11.6 Å². The van der Waals surface area contributed by atoms with E-state index in [4.69, 9.17) is 28.2 Å². The lowest BCUT2D eigenvalue weighted by molar-refractivity contribution is -0.123. The number of ketones is 1. The first kappa shape index (κ1) is 15.8. The highest BCUT2D eigenvalue weighted by molar-refractivity contribution is 7.86. The predicted octanol–water partition coefficient (Wildman–Crippen LogP) is 2.02. The van der Waals surface area contributed by atoms with Gasteiger partial charge in [0.2, 0.25) is 17.4 Å². The fourth-order valence-electron chi connectivity index (χ4n) is 2.52. The molecule has 2 aromatic rings. The van der Waals surface area contributed by atoms with Crippen molar-refractivity contribution in [2.75, 3.05) is 14.2 Å². The molecule has 0 radical (unpaired) electrons. The van der Waals surface area contributed by atoms with Crippen molar-refractivity contribution in [1.82, 2.24) is 0 Å². The molecule has 0 saturated carbocycles. The molecule has 1 atom stereocenters. The number of methoxy groups -OCH3 is 2. The third-order valence-electron chi connectivity index (χ3n) is 3.71. The molecular weight excluding hydrogens is 386 g/mol. The SMILES string of the molecule is [2H]C([2H])(c1ccccc1)S(=O)(=O)OC1=C(N)O[C@@]([2H])(c2cccc(OC)c2OC)C1=O. The number of rotatable bonds is 7. The molecule has 3 rings (SSSR count). The molecule has 0 fully saturated rings. The van der Waals surface area contributed by atoms with E-state index in [1.807, 2.05) is 0 Å². The molecule has 1 aliphatic heterocycles. The minimum absolute atomic E-state index is 0.00451. The number of para-hydroxylation sites is 1. The van der Waals surface area contributed by atoms with Crippen LogP contribution in [-0.2, 0) is 29.5 Å². The molecule has 0 saturated heterocycles. The summed E-state index contributed by atoms with van der Waals surface area (Å²) in [6.07, 6.45) is -2.53. The zero-order valence-electron chi connectivity index (χ0n) is 18.0. The first-order chi connectivity index (χ1) is 14.5. The molecule has 1 aliphatic rings. The number of hydrogen-bond acceptors (Lipinski definition) is 8. The van der Waals surface area contributed by atoms with Crippen molar-refractivity contribution in [3.63, 3.8) is 0 Å². The number of Topliss-reactive ketones (excluding diaryl/α,β-unsaturated/α-hetero) is 1. The average molecular weight is 408 g/mol. The van der Waals surface area contributed by atoms with E-state index in [-0.39, 0.29) is 22.6 Å². The van der Waals surface area contributed by atoms with Crippen LogP contribution in [0.25, 0.3) is 0 Å². The van der Waals surface area contributed by atoms with Crippen LogP contribution in [0.3, 0.4) is 0 Å². The Balaban J connectivity index is 1.99. The van der Waals surface area contributed by atoms with E-state index in [2.05, 4.69) is 0 Å². The van der Waals surface area contributed by atoms with Crippen LogP contribution in [0.15, 0.2) is 60.2 Å². The highest BCUT2D eigenvalue weighted by Gasteiger charge is 2.41. The molecule has 9 heteroatoms. The van der Waals surface area contributed by atoms with Gasteiger partial charge in [-0.2, -0.15) is 8.42 Å². The van der Waals surface area contributed by atoms with Gasteiger partial charge in [-0.1, -0.05) is 42.5 Å². The van der Waals surface area contributed by atoms with Gasteiger partial charge in [0, 0.05) is 5.56 Å². The van der Waals surface area contributed by atoms with E-state index in [0.29, 0.717) is 0 Å². The molecule has 2 N–H and O–H groups in total. The standard InChI is InChI=1S/C19H19NO7S/c1-24-14-10-6-9-13(16(14)25-2)17-15(21)18(19(20)26-17)27-28(22,23)11-12-7-4-3-5-8-12/h3-10,17H,11,20H2,1-2H3/t17-/m0/s1/i11D2,17D. The van der Waals surface area contributed by atoms with Gasteiger partial charge in [0.25, 0.3) is 0 Å². The minimum atomic E-state index is -5.07. The third-order valence-corrected chi connectivity index (χ3v) is 4.58. The first-order valence-corrected chi connectivity index (χ1v) is 9.35. The summed E-state index contributed by atoms with van der Waals surface area (Å²) >= 11 is 0. The summed E-state index contributed by atoms with van der Waals surface area (Å²) < 4.78 is 70.2. The van der Waals surface area contributed by atoms with Crippen LogP contribution in [0.4, 0.5) is 0 Å². The fourth-order valence-corrected chi connectivity index (χ4v) is 3.36. The van der Waals surface area contributed by atoms with Crippen LogP contribution in [0.2, 0.25) is 0 Å². The van der Waals surface area contributed by atoms with Gasteiger partial charge in [0.05, 0.1) is 18.3 Å². The molecule has 1 heterocycles. The molecule has 0 bridgehead atoms. The van der Waals surface area contributed by atoms with Gasteiger partial charge in [0.15, 0.2) is 17.6 Å². The smallest absolute Gasteiger partial charge is 0.313 e. The molecule has 8 nitrogen and oxygen atoms in total. The number of hydrogen-bond donors (Lipinski definition) is 1. The van der Waals surface area contributed by atoms with E-state index in [9.17, 15) is 13.2 Å². The highest BCUT2D eigenvalue weighted by Crippen LogP contribution is 2.41. The largest absolute Gasteiger partial charge is 0.493 e. The third kappa shape index (κ3) is 3.89.